The van der Waals surface area contributed by atoms with Crippen molar-refractivity contribution in [2.45, 2.75) is 43.2 Å². The highest BCUT2D eigenvalue weighted by molar-refractivity contribution is 7.74. The van der Waals surface area contributed by atoms with Gasteiger partial charge in [-0.25, -0.2) is 13.8 Å². The third kappa shape index (κ3) is 3.76. The molecule has 11 heteroatoms. The van der Waals surface area contributed by atoms with Crippen molar-refractivity contribution in [2.75, 3.05) is 19.8 Å². The molecule has 2 aliphatic rings. The molecule has 0 saturated carbocycles. The number of fused-ring (bicyclic) bond motifs is 2. The summed E-state index contributed by atoms with van der Waals surface area (Å²) in [6.07, 6.45) is -2.20. The van der Waals surface area contributed by atoms with Crippen molar-refractivity contribution in [3.05, 3.63) is 12.2 Å². The number of hydrogen-bond donors (Lipinski definition) is 2. The number of ether oxygens (including phenoxy) is 3. The largest absolute Gasteiger partial charge is 0.750 e. The summed E-state index contributed by atoms with van der Waals surface area (Å²) in [5.74, 6) is -1.78. The first kappa shape index (κ1) is 19.9. The lowest BCUT2D eigenvalue weighted by atomic mass is 9.78. The molecule has 5 atom stereocenters. The molecule has 0 aromatic carbocycles. The third-order valence-electron chi connectivity index (χ3n) is 4.34. The standard InChI is InChI=1S/C14H20O10S/c1-8(2)12(18)21-5-9(17)22-10-11(23-25(19)20)14(7-16)4-3-13(10,6-15)24-14/h10-11,15-16H,1,3-7H2,2H3,(H,19,20)/p-1. The van der Waals surface area contributed by atoms with Crippen LogP contribution in [0.4, 0.5) is 0 Å². The number of aliphatic hydroxyl groups excluding tert-OH is 2. The Morgan fingerprint density at radius 3 is 2.32 bits per heavy atom. The fraction of sp³-hybridized carbons (Fsp3) is 0.714. The Labute approximate surface area is 146 Å². The predicted octanol–water partition coefficient (Wildman–Crippen LogP) is -1.52. The number of carbonyl (C=O) groups excluding carboxylic acids is 2. The van der Waals surface area contributed by atoms with Crippen LogP contribution in [0.25, 0.3) is 0 Å². The lowest BCUT2D eigenvalue weighted by molar-refractivity contribution is -0.173. The van der Waals surface area contributed by atoms with Crippen LogP contribution in [0.5, 0.6) is 0 Å². The lowest BCUT2D eigenvalue weighted by Crippen LogP contribution is -2.55. The Bertz CT molecular complexity index is 592. The average Bonchev–Trinajstić information content (AvgIpc) is 3.06. The molecule has 0 aromatic rings. The Kier molecular flexibility index (Phi) is 5.97. The predicted molar refractivity (Wildman–Crippen MR) is 79.4 cm³/mol. The topological polar surface area (TPSA) is 152 Å². The Morgan fingerprint density at radius 1 is 1.28 bits per heavy atom. The molecule has 5 unspecified atom stereocenters. The second-order valence-electron chi connectivity index (χ2n) is 6.04. The SMILES string of the molecule is C=C(C)C(=O)OCC(=O)OC1C(OS(=O)[O-])C2(CO)CCC1(CO)O2. The molecule has 2 saturated heterocycles. The van der Waals surface area contributed by atoms with Gasteiger partial charge in [-0.1, -0.05) is 6.58 Å². The van der Waals surface area contributed by atoms with Gasteiger partial charge in [-0.15, -0.1) is 0 Å². The summed E-state index contributed by atoms with van der Waals surface area (Å²) in [5, 5.41) is 19.3. The summed E-state index contributed by atoms with van der Waals surface area (Å²) in [6, 6.07) is 0. The highest BCUT2D eigenvalue weighted by Gasteiger charge is 2.70. The van der Waals surface area contributed by atoms with Crippen molar-refractivity contribution in [3.8, 4) is 0 Å². The van der Waals surface area contributed by atoms with Gasteiger partial charge in [0.2, 0.25) is 0 Å². The van der Waals surface area contributed by atoms with E-state index in [1.807, 2.05) is 0 Å². The molecule has 2 aliphatic heterocycles. The maximum Gasteiger partial charge on any atom is 0.344 e. The minimum absolute atomic E-state index is 0.0880. The monoisotopic (exact) mass is 379 g/mol. The highest BCUT2D eigenvalue weighted by Crippen LogP contribution is 2.53. The van der Waals surface area contributed by atoms with E-state index < -0.39 is 66.5 Å². The van der Waals surface area contributed by atoms with Crippen LogP contribution in [-0.2, 0) is 39.3 Å². The molecule has 2 heterocycles. The summed E-state index contributed by atoms with van der Waals surface area (Å²) in [5.41, 5.74) is -2.73. The van der Waals surface area contributed by atoms with Crippen LogP contribution in [0, 0.1) is 0 Å². The quantitative estimate of drug-likeness (QED) is 0.289. The number of esters is 2. The molecule has 10 nitrogen and oxygen atoms in total. The van der Waals surface area contributed by atoms with Gasteiger partial charge in [0.15, 0.2) is 12.7 Å². The van der Waals surface area contributed by atoms with Gasteiger partial charge in [-0.05, 0) is 19.8 Å². The van der Waals surface area contributed by atoms with Crippen molar-refractivity contribution in [3.63, 3.8) is 0 Å². The van der Waals surface area contributed by atoms with Gasteiger partial charge in [-0.2, -0.15) is 0 Å². The van der Waals surface area contributed by atoms with Gasteiger partial charge in [0.05, 0.1) is 24.6 Å². The van der Waals surface area contributed by atoms with E-state index in [9.17, 15) is 28.6 Å². The Morgan fingerprint density at radius 2 is 1.84 bits per heavy atom. The van der Waals surface area contributed by atoms with Crippen LogP contribution in [-0.4, -0.2) is 74.1 Å². The van der Waals surface area contributed by atoms with Crippen LogP contribution >= 0.6 is 0 Å². The Hall–Kier alpha value is -1.37. The zero-order chi connectivity index (χ0) is 18.8. The Balaban J connectivity index is 2.15. The fourth-order valence-electron chi connectivity index (χ4n) is 3.10. The maximum absolute atomic E-state index is 11.9. The lowest BCUT2D eigenvalue weighted by Gasteiger charge is -2.36. The van der Waals surface area contributed by atoms with E-state index in [0.29, 0.717) is 0 Å². The second-order valence-corrected chi connectivity index (χ2v) is 6.64. The van der Waals surface area contributed by atoms with Crippen molar-refractivity contribution < 1.29 is 47.0 Å². The first-order valence-electron chi connectivity index (χ1n) is 7.40. The molecular formula is C14H19O10S-. The van der Waals surface area contributed by atoms with Gasteiger partial charge in [0, 0.05) is 5.57 Å². The van der Waals surface area contributed by atoms with Crippen molar-refractivity contribution in [2.24, 2.45) is 0 Å². The third-order valence-corrected chi connectivity index (χ3v) is 4.70. The van der Waals surface area contributed by atoms with Crippen molar-refractivity contribution in [1.29, 1.82) is 0 Å². The fourth-order valence-corrected chi connectivity index (χ4v) is 3.55. The van der Waals surface area contributed by atoms with Gasteiger partial charge in [-0.3, -0.25) is 4.18 Å². The molecule has 2 N–H and O–H groups in total. The highest BCUT2D eigenvalue weighted by atomic mass is 32.2. The number of aliphatic hydroxyl groups is 2. The van der Waals surface area contributed by atoms with E-state index >= 15 is 0 Å². The molecule has 0 aromatic heterocycles. The van der Waals surface area contributed by atoms with E-state index in [-0.39, 0.29) is 18.4 Å². The second kappa shape index (κ2) is 7.48. The van der Waals surface area contributed by atoms with E-state index in [1.54, 1.807) is 0 Å². The van der Waals surface area contributed by atoms with Gasteiger partial charge in [0.1, 0.15) is 17.3 Å². The molecule has 25 heavy (non-hydrogen) atoms. The van der Waals surface area contributed by atoms with E-state index in [0.717, 1.165) is 0 Å². The number of carbonyl (C=O) groups is 2. The van der Waals surface area contributed by atoms with Crippen molar-refractivity contribution >= 4 is 23.3 Å². The zero-order valence-corrected chi connectivity index (χ0v) is 14.3. The molecule has 2 rings (SSSR count). The van der Waals surface area contributed by atoms with Crippen molar-refractivity contribution in [1.82, 2.24) is 0 Å². The van der Waals surface area contributed by atoms with Crippen LogP contribution in [0.15, 0.2) is 12.2 Å². The van der Waals surface area contributed by atoms with Crippen LogP contribution in [0.1, 0.15) is 19.8 Å². The van der Waals surface area contributed by atoms with Crippen LogP contribution in [0.3, 0.4) is 0 Å². The summed E-state index contributed by atoms with van der Waals surface area (Å²) in [6.45, 7) is 2.86. The summed E-state index contributed by atoms with van der Waals surface area (Å²) < 4.78 is 42.2. The molecule has 2 bridgehead atoms. The zero-order valence-electron chi connectivity index (χ0n) is 13.5. The first-order valence-corrected chi connectivity index (χ1v) is 8.40. The number of rotatable bonds is 8. The molecule has 2 fully saturated rings. The van der Waals surface area contributed by atoms with Gasteiger partial charge in [0.25, 0.3) is 0 Å². The van der Waals surface area contributed by atoms with E-state index in [4.69, 9.17) is 13.7 Å². The summed E-state index contributed by atoms with van der Waals surface area (Å²) >= 11 is -2.97. The summed E-state index contributed by atoms with van der Waals surface area (Å²) in [4.78, 5) is 23.3. The van der Waals surface area contributed by atoms with Gasteiger partial charge < -0.3 is 29.0 Å². The molecule has 0 radical (unpaired) electrons. The first-order chi connectivity index (χ1) is 11.7. The minimum Gasteiger partial charge on any atom is -0.750 e. The summed E-state index contributed by atoms with van der Waals surface area (Å²) in [7, 11) is 0. The normalized spacial score (nSPS) is 34.6. The average molecular weight is 379 g/mol. The minimum atomic E-state index is -2.97. The molecule has 142 valence electrons. The molecule has 0 aliphatic carbocycles. The van der Waals surface area contributed by atoms with Gasteiger partial charge >= 0.3 is 11.9 Å². The number of hydrogen-bond acceptors (Lipinski definition) is 10. The molecular weight excluding hydrogens is 360 g/mol. The van der Waals surface area contributed by atoms with E-state index in [1.165, 1.54) is 6.92 Å². The molecule has 0 amide bonds. The van der Waals surface area contributed by atoms with E-state index in [2.05, 4.69) is 11.3 Å². The van der Waals surface area contributed by atoms with Crippen LogP contribution < -0.4 is 0 Å². The smallest absolute Gasteiger partial charge is 0.344 e. The maximum atomic E-state index is 11.9. The van der Waals surface area contributed by atoms with Crippen LogP contribution in [0.2, 0.25) is 0 Å². The molecule has 0 spiro atoms.